The summed E-state index contributed by atoms with van der Waals surface area (Å²) in [5.74, 6) is 0.966. The number of hydrogen-bond acceptors (Lipinski definition) is 1. The van der Waals surface area contributed by atoms with E-state index in [1.54, 1.807) is 0 Å². The molecule has 0 spiro atoms. The van der Waals surface area contributed by atoms with Crippen molar-refractivity contribution in [3.63, 3.8) is 0 Å². The molecule has 84 valence electrons. The van der Waals surface area contributed by atoms with Crippen LogP contribution in [0.3, 0.4) is 0 Å². The zero-order valence-electron chi connectivity index (χ0n) is 9.68. The zero-order chi connectivity index (χ0) is 11.0. The third-order valence-electron chi connectivity index (χ3n) is 3.38. The van der Waals surface area contributed by atoms with Gasteiger partial charge in [-0.05, 0) is 50.3 Å². The minimum absolute atomic E-state index is 0.728. The summed E-state index contributed by atoms with van der Waals surface area (Å²) in [5, 5.41) is 1.39. The number of aryl methyl sites for hydroxylation is 2. The molecule has 1 aliphatic carbocycles. The fourth-order valence-corrected chi connectivity index (χ4v) is 2.65. The van der Waals surface area contributed by atoms with Crippen LogP contribution >= 0.6 is 0 Å². The van der Waals surface area contributed by atoms with Crippen molar-refractivity contribution in [3.05, 3.63) is 29.5 Å². The van der Waals surface area contributed by atoms with Crippen LogP contribution in [0.5, 0.6) is 5.75 Å². The summed E-state index contributed by atoms with van der Waals surface area (Å²) in [5.41, 5.74) is 4.21. The van der Waals surface area contributed by atoms with Crippen molar-refractivity contribution in [2.75, 3.05) is 6.61 Å². The molecule has 1 aromatic heterocycles. The van der Waals surface area contributed by atoms with E-state index in [-0.39, 0.29) is 0 Å². The summed E-state index contributed by atoms with van der Waals surface area (Å²) in [4.78, 5) is 3.53. The molecule has 0 atom stereocenters. The molecular formula is C14H17NO. The Hall–Kier alpha value is -1.44. The van der Waals surface area contributed by atoms with Crippen LogP contribution in [0.1, 0.15) is 31.0 Å². The predicted molar refractivity (Wildman–Crippen MR) is 66.1 cm³/mol. The van der Waals surface area contributed by atoms with Gasteiger partial charge in [0.15, 0.2) is 0 Å². The maximum absolute atomic E-state index is 5.53. The lowest BCUT2D eigenvalue weighted by Crippen LogP contribution is -1.99. The fourth-order valence-electron chi connectivity index (χ4n) is 2.65. The van der Waals surface area contributed by atoms with Gasteiger partial charge in [0.05, 0.1) is 6.61 Å². The van der Waals surface area contributed by atoms with E-state index in [2.05, 4.69) is 23.2 Å². The first-order valence-electron chi connectivity index (χ1n) is 6.15. The molecule has 0 saturated heterocycles. The first-order valence-corrected chi connectivity index (χ1v) is 6.15. The van der Waals surface area contributed by atoms with E-state index < -0.39 is 0 Å². The van der Waals surface area contributed by atoms with Gasteiger partial charge in [-0.1, -0.05) is 0 Å². The van der Waals surface area contributed by atoms with Gasteiger partial charge in [0.25, 0.3) is 0 Å². The molecule has 2 nitrogen and oxygen atoms in total. The van der Waals surface area contributed by atoms with Gasteiger partial charge in [-0.2, -0.15) is 0 Å². The molecule has 1 heterocycles. The van der Waals surface area contributed by atoms with Crippen LogP contribution in [0.4, 0.5) is 0 Å². The predicted octanol–water partition coefficient (Wildman–Crippen LogP) is 3.45. The van der Waals surface area contributed by atoms with Crippen LogP contribution in [-0.4, -0.2) is 11.6 Å². The number of aromatic amines is 1. The Bertz CT molecular complexity index is 513. The quantitative estimate of drug-likeness (QED) is 0.815. The normalized spacial score (nSPS) is 15.1. The van der Waals surface area contributed by atoms with Gasteiger partial charge >= 0.3 is 0 Å². The lowest BCUT2D eigenvalue weighted by Gasteiger charge is -2.10. The van der Waals surface area contributed by atoms with E-state index in [4.69, 9.17) is 4.74 Å². The Kier molecular flexibility index (Phi) is 2.35. The first-order chi connectivity index (χ1) is 7.88. The second-order valence-electron chi connectivity index (χ2n) is 4.43. The van der Waals surface area contributed by atoms with Crippen LogP contribution in [0.15, 0.2) is 18.2 Å². The number of fused-ring (bicyclic) bond motifs is 3. The monoisotopic (exact) mass is 215 g/mol. The minimum atomic E-state index is 0.728. The van der Waals surface area contributed by atoms with Gasteiger partial charge in [0.2, 0.25) is 0 Å². The van der Waals surface area contributed by atoms with Crippen LogP contribution in [-0.2, 0) is 12.8 Å². The number of aromatic nitrogens is 1. The Balaban J connectivity index is 2.11. The van der Waals surface area contributed by atoms with Crippen molar-refractivity contribution >= 4 is 10.9 Å². The summed E-state index contributed by atoms with van der Waals surface area (Å²) < 4.78 is 5.53. The van der Waals surface area contributed by atoms with E-state index in [1.807, 2.05) is 6.92 Å². The van der Waals surface area contributed by atoms with Gasteiger partial charge in [0.1, 0.15) is 5.75 Å². The molecule has 1 aromatic carbocycles. The standard InChI is InChI=1S/C14H17NO/c1-2-16-10-7-8-12-11-5-3-4-6-13(11)15-14(12)9-10/h7-9,15H,2-6H2,1H3. The molecule has 2 heteroatoms. The van der Waals surface area contributed by atoms with Gasteiger partial charge in [-0.15, -0.1) is 0 Å². The molecule has 0 radical (unpaired) electrons. The summed E-state index contributed by atoms with van der Waals surface area (Å²) in [6.07, 6.45) is 5.07. The third kappa shape index (κ3) is 1.49. The van der Waals surface area contributed by atoms with Gasteiger partial charge in [-0.3, -0.25) is 0 Å². The van der Waals surface area contributed by atoms with Crippen LogP contribution in [0, 0.1) is 0 Å². The zero-order valence-corrected chi connectivity index (χ0v) is 9.68. The molecule has 0 amide bonds. The SMILES string of the molecule is CCOc1ccc2c3c([nH]c2c1)CCCC3. The average Bonchev–Trinajstić information content (AvgIpc) is 2.67. The van der Waals surface area contributed by atoms with Crippen molar-refractivity contribution in [1.29, 1.82) is 0 Å². The number of rotatable bonds is 2. The molecule has 0 aliphatic heterocycles. The van der Waals surface area contributed by atoms with Crippen LogP contribution in [0.2, 0.25) is 0 Å². The Labute approximate surface area is 95.6 Å². The molecule has 0 unspecified atom stereocenters. The molecule has 0 saturated carbocycles. The van der Waals surface area contributed by atoms with Crippen molar-refractivity contribution in [2.24, 2.45) is 0 Å². The maximum Gasteiger partial charge on any atom is 0.121 e. The van der Waals surface area contributed by atoms with E-state index in [9.17, 15) is 0 Å². The summed E-state index contributed by atoms with van der Waals surface area (Å²) in [7, 11) is 0. The van der Waals surface area contributed by atoms with Crippen molar-refractivity contribution in [1.82, 2.24) is 4.98 Å². The number of nitrogens with one attached hydrogen (secondary N) is 1. The molecule has 1 N–H and O–H groups in total. The Morgan fingerprint density at radius 2 is 2.12 bits per heavy atom. The molecule has 16 heavy (non-hydrogen) atoms. The molecule has 0 fully saturated rings. The van der Waals surface area contributed by atoms with E-state index in [0.717, 1.165) is 12.4 Å². The van der Waals surface area contributed by atoms with Gasteiger partial charge < -0.3 is 9.72 Å². The number of H-pyrrole nitrogens is 1. The third-order valence-corrected chi connectivity index (χ3v) is 3.38. The average molecular weight is 215 g/mol. The number of hydrogen-bond donors (Lipinski definition) is 1. The highest BCUT2D eigenvalue weighted by Crippen LogP contribution is 2.30. The van der Waals surface area contributed by atoms with E-state index in [0.29, 0.717) is 0 Å². The second-order valence-corrected chi connectivity index (χ2v) is 4.43. The fraction of sp³-hybridized carbons (Fsp3) is 0.429. The van der Waals surface area contributed by atoms with E-state index >= 15 is 0 Å². The molecule has 2 aromatic rings. The lowest BCUT2D eigenvalue weighted by molar-refractivity contribution is 0.340. The summed E-state index contributed by atoms with van der Waals surface area (Å²) in [6.45, 7) is 2.75. The Morgan fingerprint density at radius 3 is 3.00 bits per heavy atom. The van der Waals surface area contributed by atoms with Crippen LogP contribution < -0.4 is 4.74 Å². The van der Waals surface area contributed by atoms with Crippen molar-refractivity contribution in [2.45, 2.75) is 32.6 Å². The summed E-state index contributed by atoms with van der Waals surface area (Å²) >= 11 is 0. The van der Waals surface area contributed by atoms with Gasteiger partial charge in [-0.25, -0.2) is 0 Å². The molecule has 1 aliphatic rings. The van der Waals surface area contributed by atoms with Gasteiger partial charge in [0, 0.05) is 22.7 Å². The lowest BCUT2D eigenvalue weighted by atomic mass is 9.96. The maximum atomic E-state index is 5.53. The van der Waals surface area contributed by atoms with Crippen LogP contribution in [0.25, 0.3) is 10.9 Å². The van der Waals surface area contributed by atoms with Crippen molar-refractivity contribution < 1.29 is 4.74 Å². The molecular weight excluding hydrogens is 198 g/mol. The van der Waals surface area contributed by atoms with E-state index in [1.165, 1.54) is 47.8 Å². The second kappa shape index (κ2) is 3.85. The summed E-state index contributed by atoms with van der Waals surface area (Å²) in [6, 6.07) is 6.40. The highest BCUT2D eigenvalue weighted by molar-refractivity contribution is 5.86. The topological polar surface area (TPSA) is 25.0 Å². The Morgan fingerprint density at radius 1 is 1.25 bits per heavy atom. The highest BCUT2D eigenvalue weighted by Gasteiger charge is 2.15. The smallest absolute Gasteiger partial charge is 0.121 e. The van der Waals surface area contributed by atoms with Crippen molar-refractivity contribution in [3.8, 4) is 5.75 Å². The number of benzene rings is 1. The first kappa shape index (κ1) is 9.76. The number of ether oxygens (including phenoxy) is 1. The highest BCUT2D eigenvalue weighted by atomic mass is 16.5. The minimum Gasteiger partial charge on any atom is -0.494 e. The largest absolute Gasteiger partial charge is 0.494 e. The molecule has 0 bridgehead atoms. The molecule has 3 rings (SSSR count).